The van der Waals surface area contributed by atoms with Crippen LogP contribution < -0.4 is 0 Å². The van der Waals surface area contributed by atoms with E-state index in [0.717, 1.165) is 6.42 Å². The molecule has 0 bridgehead atoms. The Morgan fingerprint density at radius 1 is 1.27 bits per heavy atom. The average molecular weight is 308 g/mol. The maximum Gasteiger partial charge on any atom is 0.371 e. The monoisotopic (exact) mass is 308 g/mol. The van der Waals surface area contributed by atoms with Crippen LogP contribution in [0.4, 0.5) is 0 Å². The molecule has 1 aliphatic rings. The van der Waals surface area contributed by atoms with Crippen molar-refractivity contribution in [1.82, 2.24) is 9.80 Å². The fourth-order valence-electron chi connectivity index (χ4n) is 2.72. The van der Waals surface area contributed by atoms with Crippen LogP contribution in [-0.4, -0.2) is 58.4 Å². The van der Waals surface area contributed by atoms with Crippen molar-refractivity contribution < 1.29 is 23.9 Å². The minimum absolute atomic E-state index is 0.0448. The van der Waals surface area contributed by atoms with Crippen molar-refractivity contribution in [2.75, 3.05) is 19.6 Å². The number of hydrogen-bond acceptors (Lipinski definition) is 4. The van der Waals surface area contributed by atoms with Gasteiger partial charge in [-0.25, -0.2) is 4.79 Å². The summed E-state index contributed by atoms with van der Waals surface area (Å²) in [7, 11) is 0. The van der Waals surface area contributed by atoms with Crippen LogP contribution in [0.1, 0.15) is 47.8 Å². The van der Waals surface area contributed by atoms with Crippen molar-refractivity contribution in [3.8, 4) is 0 Å². The summed E-state index contributed by atoms with van der Waals surface area (Å²) in [6.45, 7) is 5.46. The van der Waals surface area contributed by atoms with E-state index in [2.05, 4.69) is 0 Å². The molecule has 22 heavy (non-hydrogen) atoms. The van der Waals surface area contributed by atoms with E-state index in [-0.39, 0.29) is 17.4 Å². The first-order chi connectivity index (χ1) is 10.5. The molecule has 1 unspecified atom stereocenters. The molecule has 120 valence electrons. The Hall–Kier alpha value is -2.31. The van der Waals surface area contributed by atoms with E-state index in [1.165, 1.54) is 17.0 Å². The van der Waals surface area contributed by atoms with Crippen LogP contribution >= 0.6 is 0 Å². The Bertz CT molecular complexity index is 576. The van der Waals surface area contributed by atoms with Crippen LogP contribution in [0.3, 0.4) is 0 Å². The summed E-state index contributed by atoms with van der Waals surface area (Å²) in [5, 5.41) is 8.84. The zero-order valence-corrected chi connectivity index (χ0v) is 12.7. The van der Waals surface area contributed by atoms with Crippen LogP contribution in [0.25, 0.3) is 0 Å². The number of aromatic carboxylic acids is 1. The van der Waals surface area contributed by atoms with Crippen molar-refractivity contribution >= 4 is 17.8 Å². The minimum atomic E-state index is -1.23. The number of rotatable bonds is 5. The van der Waals surface area contributed by atoms with Gasteiger partial charge in [-0.2, -0.15) is 0 Å². The molecule has 7 nitrogen and oxygen atoms in total. The predicted octanol–water partition coefficient (Wildman–Crippen LogP) is 1.45. The van der Waals surface area contributed by atoms with Gasteiger partial charge in [-0.3, -0.25) is 9.59 Å². The first-order valence-corrected chi connectivity index (χ1v) is 7.42. The topological polar surface area (TPSA) is 91.1 Å². The molecule has 1 N–H and O–H groups in total. The number of likely N-dealkylation sites (tertiary alicyclic amines) is 1. The standard InChI is InChI=1S/C15H20N2O5/c1-3-16(4-2)13(18)10-6-5-9-17(10)14(19)11-7-8-12(22-11)15(20)21/h7-8,10H,3-6,9H2,1-2H3,(H,20,21). The second-order valence-electron chi connectivity index (χ2n) is 5.14. The van der Waals surface area contributed by atoms with E-state index in [0.29, 0.717) is 26.1 Å². The Morgan fingerprint density at radius 3 is 2.45 bits per heavy atom. The van der Waals surface area contributed by atoms with Gasteiger partial charge < -0.3 is 19.3 Å². The maximum absolute atomic E-state index is 12.5. The highest BCUT2D eigenvalue weighted by atomic mass is 16.4. The summed E-state index contributed by atoms with van der Waals surface area (Å²) in [4.78, 5) is 38.9. The molecule has 1 aromatic heterocycles. The largest absolute Gasteiger partial charge is 0.475 e. The van der Waals surface area contributed by atoms with Gasteiger partial charge >= 0.3 is 5.97 Å². The van der Waals surface area contributed by atoms with Crippen LogP contribution in [0.5, 0.6) is 0 Å². The van der Waals surface area contributed by atoms with Crippen LogP contribution in [0.15, 0.2) is 16.5 Å². The van der Waals surface area contributed by atoms with Crippen molar-refractivity contribution in [3.05, 3.63) is 23.7 Å². The smallest absolute Gasteiger partial charge is 0.371 e. The lowest BCUT2D eigenvalue weighted by Crippen LogP contribution is -2.47. The lowest BCUT2D eigenvalue weighted by molar-refractivity contribution is -0.134. The normalized spacial score (nSPS) is 17.5. The quantitative estimate of drug-likeness (QED) is 0.889. The summed E-state index contributed by atoms with van der Waals surface area (Å²) in [5.74, 6) is -2.06. The summed E-state index contributed by atoms with van der Waals surface area (Å²) in [6, 6.07) is 2.08. The second kappa shape index (κ2) is 6.64. The van der Waals surface area contributed by atoms with Gasteiger partial charge in [0.05, 0.1) is 0 Å². The van der Waals surface area contributed by atoms with E-state index < -0.39 is 17.9 Å². The molecule has 1 saturated heterocycles. The zero-order valence-electron chi connectivity index (χ0n) is 12.7. The Balaban J connectivity index is 2.17. The van der Waals surface area contributed by atoms with Crippen LogP contribution in [-0.2, 0) is 4.79 Å². The molecule has 0 aliphatic carbocycles. The van der Waals surface area contributed by atoms with Crippen molar-refractivity contribution in [2.45, 2.75) is 32.7 Å². The first-order valence-electron chi connectivity index (χ1n) is 7.42. The van der Waals surface area contributed by atoms with Crippen LogP contribution in [0.2, 0.25) is 0 Å². The molecular weight excluding hydrogens is 288 g/mol. The first kappa shape index (κ1) is 16.1. The fraction of sp³-hybridized carbons (Fsp3) is 0.533. The Morgan fingerprint density at radius 2 is 1.91 bits per heavy atom. The number of furan rings is 1. The molecule has 1 fully saturated rings. The third-order valence-corrected chi connectivity index (χ3v) is 3.90. The number of amides is 2. The summed E-state index contributed by atoms with van der Waals surface area (Å²) < 4.78 is 5.04. The molecule has 0 radical (unpaired) electrons. The summed E-state index contributed by atoms with van der Waals surface area (Å²) >= 11 is 0. The van der Waals surface area contributed by atoms with E-state index in [1.807, 2.05) is 13.8 Å². The average Bonchev–Trinajstić information content (AvgIpc) is 3.17. The summed E-state index contributed by atoms with van der Waals surface area (Å²) in [6.07, 6.45) is 1.36. The van der Waals surface area contributed by atoms with E-state index >= 15 is 0 Å². The zero-order chi connectivity index (χ0) is 16.3. The molecule has 7 heteroatoms. The number of carbonyl (C=O) groups is 3. The lowest BCUT2D eigenvalue weighted by Gasteiger charge is -2.28. The van der Waals surface area contributed by atoms with Gasteiger partial charge in [0.1, 0.15) is 6.04 Å². The van der Waals surface area contributed by atoms with Gasteiger partial charge in [0.25, 0.3) is 5.91 Å². The van der Waals surface area contributed by atoms with E-state index in [9.17, 15) is 14.4 Å². The molecule has 0 spiro atoms. The number of nitrogens with zero attached hydrogens (tertiary/aromatic N) is 2. The number of hydrogen-bond donors (Lipinski definition) is 1. The van der Waals surface area contributed by atoms with Gasteiger partial charge in [0.2, 0.25) is 11.7 Å². The number of likely N-dealkylation sites (N-methyl/N-ethyl adjacent to an activating group) is 1. The third-order valence-electron chi connectivity index (χ3n) is 3.90. The lowest BCUT2D eigenvalue weighted by atomic mass is 10.2. The van der Waals surface area contributed by atoms with Gasteiger partial charge in [-0.15, -0.1) is 0 Å². The molecular formula is C15H20N2O5. The fourth-order valence-corrected chi connectivity index (χ4v) is 2.72. The molecule has 1 atom stereocenters. The number of carboxylic acids is 1. The second-order valence-corrected chi connectivity index (χ2v) is 5.14. The minimum Gasteiger partial charge on any atom is -0.475 e. The molecule has 2 heterocycles. The molecule has 2 amide bonds. The highest BCUT2D eigenvalue weighted by Crippen LogP contribution is 2.23. The van der Waals surface area contributed by atoms with E-state index in [4.69, 9.17) is 9.52 Å². The SMILES string of the molecule is CCN(CC)C(=O)C1CCCN1C(=O)c1ccc(C(=O)O)o1. The summed E-state index contributed by atoms with van der Waals surface area (Å²) in [5.41, 5.74) is 0. The van der Waals surface area contributed by atoms with Gasteiger partial charge in [-0.05, 0) is 38.8 Å². The van der Waals surface area contributed by atoms with Gasteiger partial charge in [-0.1, -0.05) is 0 Å². The van der Waals surface area contributed by atoms with Crippen LogP contribution in [0, 0.1) is 0 Å². The predicted molar refractivity (Wildman–Crippen MR) is 77.7 cm³/mol. The number of carbonyl (C=O) groups excluding carboxylic acids is 2. The van der Waals surface area contributed by atoms with Gasteiger partial charge in [0.15, 0.2) is 5.76 Å². The molecule has 0 saturated carbocycles. The maximum atomic E-state index is 12.5. The third kappa shape index (κ3) is 2.98. The number of carboxylic acid groups (broad SMARTS) is 1. The van der Waals surface area contributed by atoms with Crippen molar-refractivity contribution in [2.24, 2.45) is 0 Å². The Labute approximate surface area is 128 Å². The van der Waals surface area contributed by atoms with E-state index in [1.54, 1.807) is 4.90 Å². The van der Waals surface area contributed by atoms with Crippen molar-refractivity contribution in [1.29, 1.82) is 0 Å². The van der Waals surface area contributed by atoms with Gasteiger partial charge in [0, 0.05) is 19.6 Å². The molecule has 1 aliphatic heterocycles. The molecule has 0 aromatic carbocycles. The highest BCUT2D eigenvalue weighted by Gasteiger charge is 2.37. The molecule has 1 aromatic rings. The van der Waals surface area contributed by atoms with Crippen molar-refractivity contribution in [3.63, 3.8) is 0 Å². The highest BCUT2D eigenvalue weighted by molar-refractivity contribution is 5.97. The Kier molecular flexibility index (Phi) is 4.85. The molecule has 2 rings (SSSR count).